The Kier molecular flexibility index (Phi) is 2.08. The molecule has 0 unspecified atom stereocenters. The Labute approximate surface area is 111 Å². The van der Waals surface area contributed by atoms with Gasteiger partial charge < -0.3 is 10.6 Å². The molecule has 2 fully saturated rings. The Morgan fingerprint density at radius 3 is 2.95 bits per heavy atom. The number of benzene rings is 1. The minimum absolute atomic E-state index is 0.0136. The van der Waals surface area contributed by atoms with Crippen LogP contribution in [0.2, 0.25) is 0 Å². The van der Waals surface area contributed by atoms with Gasteiger partial charge in [-0.25, -0.2) is 0 Å². The fraction of sp³-hybridized carbons (Fsp3) is 0.467. The lowest BCUT2D eigenvalue weighted by Crippen LogP contribution is -2.32. The normalized spacial score (nSPS) is 30.9. The second-order valence-corrected chi connectivity index (χ2v) is 5.92. The van der Waals surface area contributed by atoms with Crippen LogP contribution < -0.4 is 10.6 Å². The van der Waals surface area contributed by atoms with E-state index in [-0.39, 0.29) is 17.7 Å². The van der Waals surface area contributed by atoms with Gasteiger partial charge >= 0.3 is 0 Å². The highest BCUT2D eigenvalue weighted by molar-refractivity contribution is 6.12. The molecule has 1 spiro atoms. The first-order valence-electron chi connectivity index (χ1n) is 6.90. The lowest BCUT2D eigenvalue weighted by molar-refractivity contribution is -0.125. The summed E-state index contributed by atoms with van der Waals surface area (Å²) in [5, 5.41) is 5.88. The fourth-order valence-corrected chi connectivity index (χ4v) is 3.16. The van der Waals surface area contributed by atoms with Crippen molar-refractivity contribution in [2.45, 2.75) is 24.7 Å². The Morgan fingerprint density at radius 1 is 1.37 bits per heavy atom. The molecule has 0 aromatic heterocycles. The predicted octanol–water partition coefficient (Wildman–Crippen LogP) is 1.42. The van der Waals surface area contributed by atoms with Crippen molar-refractivity contribution in [3.63, 3.8) is 0 Å². The number of para-hydroxylation sites is 1. The Balaban J connectivity index is 1.56. The van der Waals surface area contributed by atoms with Gasteiger partial charge in [-0.1, -0.05) is 18.2 Å². The maximum Gasteiger partial charge on any atom is 0.235 e. The minimum Gasteiger partial charge on any atom is -0.356 e. The molecule has 2 saturated carbocycles. The van der Waals surface area contributed by atoms with Gasteiger partial charge in [0.2, 0.25) is 11.8 Å². The molecular weight excluding hydrogens is 240 g/mol. The third kappa shape index (κ3) is 1.52. The molecule has 4 nitrogen and oxygen atoms in total. The van der Waals surface area contributed by atoms with E-state index in [0.717, 1.165) is 17.8 Å². The summed E-state index contributed by atoms with van der Waals surface area (Å²) in [7, 11) is 0. The molecule has 0 radical (unpaired) electrons. The molecule has 4 heteroatoms. The van der Waals surface area contributed by atoms with Crippen molar-refractivity contribution in [1.29, 1.82) is 0 Å². The van der Waals surface area contributed by atoms with Crippen molar-refractivity contribution in [2.75, 3.05) is 11.9 Å². The van der Waals surface area contributed by atoms with Crippen molar-refractivity contribution in [2.24, 2.45) is 11.8 Å². The van der Waals surface area contributed by atoms with Gasteiger partial charge in [-0.15, -0.1) is 0 Å². The van der Waals surface area contributed by atoms with Crippen LogP contribution in [-0.4, -0.2) is 18.4 Å². The average molecular weight is 256 g/mol. The fourth-order valence-electron chi connectivity index (χ4n) is 3.16. The van der Waals surface area contributed by atoms with Crippen LogP contribution in [-0.2, 0) is 15.0 Å². The standard InChI is InChI=1S/C15H16N2O2/c18-13(16-8-9-5-6-9)11-7-15(11)10-3-1-2-4-12(10)17-14(15)19/h1-4,9,11H,5-8H2,(H,16,18)(H,17,19)/t11-,15+/m0/s1. The summed E-state index contributed by atoms with van der Waals surface area (Å²) in [6.07, 6.45) is 3.09. The molecule has 4 rings (SSSR count). The van der Waals surface area contributed by atoms with Crippen LogP contribution in [0.5, 0.6) is 0 Å². The van der Waals surface area contributed by atoms with Crippen molar-refractivity contribution in [3.05, 3.63) is 29.8 Å². The second-order valence-electron chi connectivity index (χ2n) is 5.92. The summed E-state index contributed by atoms with van der Waals surface area (Å²) < 4.78 is 0. The van der Waals surface area contributed by atoms with E-state index in [1.165, 1.54) is 12.8 Å². The number of nitrogens with one attached hydrogen (secondary N) is 2. The smallest absolute Gasteiger partial charge is 0.235 e. The number of amides is 2. The van der Waals surface area contributed by atoms with Gasteiger partial charge in [0.25, 0.3) is 0 Å². The van der Waals surface area contributed by atoms with Gasteiger partial charge in [-0.05, 0) is 36.8 Å². The van der Waals surface area contributed by atoms with Crippen LogP contribution in [0.3, 0.4) is 0 Å². The number of carbonyl (C=O) groups excluding carboxylic acids is 2. The van der Waals surface area contributed by atoms with E-state index in [4.69, 9.17) is 0 Å². The molecule has 1 aromatic rings. The van der Waals surface area contributed by atoms with E-state index in [1.54, 1.807) is 0 Å². The largest absolute Gasteiger partial charge is 0.356 e. The van der Waals surface area contributed by atoms with E-state index < -0.39 is 5.41 Å². The topological polar surface area (TPSA) is 58.2 Å². The van der Waals surface area contributed by atoms with Crippen LogP contribution in [0.15, 0.2) is 24.3 Å². The highest BCUT2D eigenvalue weighted by Crippen LogP contribution is 2.59. The van der Waals surface area contributed by atoms with Gasteiger partial charge in [-0.2, -0.15) is 0 Å². The van der Waals surface area contributed by atoms with E-state index in [0.29, 0.717) is 12.3 Å². The van der Waals surface area contributed by atoms with Gasteiger partial charge in [0.15, 0.2) is 0 Å². The van der Waals surface area contributed by atoms with Crippen LogP contribution >= 0.6 is 0 Å². The van der Waals surface area contributed by atoms with E-state index in [1.807, 2.05) is 24.3 Å². The van der Waals surface area contributed by atoms with E-state index >= 15 is 0 Å². The first-order chi connectivity index (χ1) is 9.22. The van der Waals surface area contributed by atoms with Crippen molar-refractivity contribution in [3.8, 4) is 0 Å². The summed E-state index contributed by atoms with van der Waals surface area (Å²) in [5.41, 5.74) is 1.28. The highest BCUT2D eigenvalue weighted by Gasteiger charge is 2.67. The molecular formula is C15H16N2O2. The van der Waals surface area contributed by atoms with Gasteiger partial charge in [0.1, 0.15) is 0 Å². The van der Waals surface area contributed by atoms with Crippen LogP contribution in [0.25, 0.3) is 0 Å². The van der Waals surface area contributed by atoms with Crippen LogP contribution in [0.4, 0.5) is 5.69 Å². The Morgan fingerprint density at radius 2 is 2.16 bits per heavy atom. The summed E-state index contributed by atoms with van der Waals surface area (Å²) in [6, 6.07) is 7.70. The maximum absolute atomic E-state index is 12.2. The lowest BCUT2D eigenvalue weighted by atomic mass is 9.94. The van der Waals surface area contributed by atoms with E-state index in [2.05, 4.69) is 10.6 Å². The predicted molar refractivity (Wildman–Crippen MR) is 70.6 cm³/mol. The van der Waals surface area contributed by atoms with Crippen molar-refractivity contribution >= 4 is 17.5 Å². The minimum atomic E-state index is -0.579. The van der Waals surface area contributed by atoms with Crippen molar-refractivity contribution in [1.82, 2.24) is 5.32 Å². The molecule has 2 N–H and O–H groups in total. The zero-order valence-corrected chi connectivity index (χ0v) is 10.6. The SMILES string of the molecule is O=C(NCC1CC1)[C@@H]1C[C@]12C(=O)Nc1ccccc12. The van der Waals surface area contributed by atoms with Crippen molar-refractivity contribution < 1.29 is 9.59 Å². The van der Waals surface area contributed by atoms with Crippen LogP contribution in [0.1, 0.15) is 24.8 Å². The molecule has 19 heavy (non-hydrogen) atoms. The van der Waals surface area contributed by atoms with Crippen LogP contribution in [0, 0.1) is 11.8 Å². The number of hydrogen-bond acceptors (Lipinski definition) is 2. The number of anilines is 1. The molecule has 0 bridgehead atoms. The Bertz CT molecular complexity index is 579. The molecule has 1 aliphatic heterocycles. The molecule has 3 aliphatic rings. The lowest BCUT2D eigenvalue weighted by Gasteiger charge is -2.08. The number of hydrogen-bond donors (Lipinski definition) is 2. The summed E-state index contributed by atoms with van der Waals surface area (Å²) >= 11 is 0. The summed E-state index contributed by atoms with van der Waals surface area (Å²) in [5.74, 6) is 0.511. The Hall–Kier alpha value is -1.84. The third-order valence-corrected chi connectivity index (χ3v) is 4.60. The third-order valence-electron chi connectivity index (χ3n) is 4.60. The highest BCUT2D eigenvalue weighted by atomic mass is 16.2. The zero-order valence-electron chi connectivity index (χ0n) is 10.6. The van der Waals surface area contributed by atoms with Gasteiger partial charge in [0.05, 0.1) is 11.3 Å². The molecule has 1 heterocycles. The number of rotatable bonds is 3. The maximum atomic E-state index is 12.2. The summed E-state index contributed by atoms with van der Waals surface area (Å²) in [6.45, 7) is 0.772. The molecule has 2 amide bonds. The second kappa shape index (κ2) is 3.59. The molecule has 0 saturated heterocycles. The number of fused-ring (bicyclic) bond motifs is 2. The molecule has 2 atom stereocenters. The molecule has 1 aromatic carbocycles. The number of carbonyl (C=O) groups is 2. The van der Waals surface area contributed by atoms with Gasteiger partial charge in [0, 0.05) is 12.2 Å². The first kappa shape index (κ1) is 11.0. The quantitative estimate of drug-likeness (QED) is 0.859. The monoisotopic (exact) mass is 256 g/mol. The zero-order chi connectivity index (χ0) is 13.0. The molecule has 98 valence electrons. The average Bonchev–Trinajstić information content (AvgIpc) is 3.29. The van der Waals surface area contributed by atoms with E-state index in [9.17, 15) is 9.59 Å². The van der Waals surface area contributed by atoms with Gasteiger partial charge in [-0.3, -0.25) is 9.59 Å². The first-order valence-corrected chi connectivity index (χ1v) is 6.90. The summed E-state index contributed by atoms with van der Waals surface area (Å²) in [4.78, 5) is 24.4. The molecule has 2 aliphatic carbocycles.